The van der Waals surface area contributed by atoms with Gasteiger partial charge in [0.1, 0.15) is 0 Å². The minimum atomic E-state index is 1.04. The molecule has 0 fully saturated rings. The Morgan fingerprint density at radius 3 is 1.78 bits per heavy atom. The summed E-state index contributed by atoms with van der Waals surface area (Å²) in [6.45, 7) is 8.61. The van der Waals surface area contributed by atoms with E-state index >= 15 is 0 Å². The molecule has 0 aliphatic carbocycles. The summed E-state index contributed by atoms with van der Waals surface area (Å²) < 4.78 is 0. The van der Waals surface area contributed by atoms with E-state index in [1.165, 1.54) is 33.5 Å². The maximum Gasteiger partial charge on any atom is 0.0436 e. The number of aryl methyl sites for hydroxylation is 3. The highest BCUT2D eigenvalue weighted by atomic mass is 15.1. The summed E-state index contributed by atoms with van der Waals surface area (Å²) in [6.07, 6.45) is 0. The van der Waals surface area contributed by atoms with Crippen LogP contribution in [0.25, 0.3) is 0 Å². The topological polar surface area (TPSA) is 3.24 Å². The molecule has 3 rings (SSSR count). The van der Waals surface area contributed by atoms with Crippen LogP contribution in [-0.2, 0) is 13.1 Å². The molecule has 1 nitrogen and oxygen atoms in total. The summed E-state index contributed by atoms with van der Waals surface area (Å²) in [6, 6.07) is 13.5. The zero-order valence-corrected chi connectivity index (χ0v) is 11.3. The van der Waals surface area contributed by atoms with Crippen molar-refractivity contribution in [1.29, 1.82) is 0 Å². The molecule has 0 saturated carbocycles. The van der Waals surface area contributed by atoms with E-state index in [-0.39, 0.29) is 0 Å². The van der Waals surface area contributed by atoms with Gasteiger partial charge in [-0.2, -0.15) is 0 Å². The van der Waals surface area contributed by atoms with Crippen molar-refractivity contribution >= 4 is 5.69 Å². The number of hydrogen-bond acceptors (Lipinski definition) is 1. The van der Waals surface area contributed by atoms with Gasteiger partial charge in [0.25, 0.3) is 0 Å². The molecular weight excluding hydrogens is 218 g/mol. The quantitative estimate of drug-likeness (QED) is 0.720. The summed E-state index contributed by atoms with van der Waals surface area (Å²) in [5.41, 5.74) is 8.42. The Morgan fingerprint density at radius 2 is 1.28 bits per heavy atom. The van der Waals surface area contributed by atoms with Gasteiger partial charge in [0, 0.05) is 18.8 Å². The first kappa shape index (κ1) is 11.3. The van der Waals surface area contributed by atoms with Crippen molar-refractivity contribution in [2.75, 3.05) is 4.90 Å². The highest BCUT2D eigenvalue weighted by Gasteiger charge is 2.19. The van der Waals surface area contributed by atoms with Gasteiger partial charge < -0.3 is 4.90 Å². The number of rotatable bonds is 1. The Labute approximate surface area is 109 Å². The fourth-order valence-electron chi connectivity index (χ4n) is 2.64. The normalized spacial score (nSPS) is 13.8. The van der Waals surface area contributed by atoms with Crippen LogP contribution in [-0.4, -0.2) is 0 Å². The Bertz CT molecular complexity index is 550. The van der Waals surface area contributed by atoms with E-state index in [2.05, 4.69) is 62.1 Å². The lowest BCUT2D eigenvalue weighted by Gasteiger charge is -2.17. The number of hydrogen-bond donors (Lipinski definition) is 0. The average molecular weight is 237 g/mol. The van der Waals surface area contributed by atoms with Crippen molar-refractivity contribution in [1.82, 2.24) is 0 Å². The number of nitrogens with zero attached hydrogens (tertiary/aromatic N) is 1. The molecule has 0 atom stereocenters. The van der Waals surface area contributed by atoms with Gasteiger partial charge >= 0.3 is 0 Å². The lowest BCUT2D eigenvalue weighted by molar-refractivity contribution is 0.880. The maximum absolute atomic E-state index is 2.45. The van der Waals surface area contributed by atoms with Gasteiger partial charge in [0.2, 0.25) is 0 Å². The molecule has 1 heteroatoms. The second kappa shape index (κ2) is 4.16. The van der Waals surface area contributed by atoms with E-state index < -0.39 is 0 Å². The van der Waals surface area contributed by atoms with Crippen LogP contribution in [0.1, 0.15) is 27.8 Å². The third-order valence-corrected chi connectivity index (χ3v) is 3.94. The van der Waals surface area contributed by atoms with Crippen LogP contribution < -0.4 is 4.90 Å². The Hall–Kier alpha value is -1.76. The minimum absolute atomic E-state index is 1.04. The van der Waals surface area contributed by atoms with Gasteiger partial charge in [0.05, 0.1) is 0 Å². The predicted octanol–water partition coefficient (Wildman–Crippen LogP) is 4.13. The lowest BCUT2D eigenvalue weighted by Crippen LogP contribution is -2.14. The van der Waals surface area contributed by atoms with Crippen molar-refractivity contribution in [2.45, 2.75) is 33.9 Å². The molecule has 0 aromatic heterocycles. The highest BCUT2D eigenvalue weighted by molar-refractivity contribution is 5.53. The van der Waals surface area contributed by atoms with Gasteiger partial charge in [-0.05, 0) is 55.2 Å². The van der Waals surface area contributed by atoms with Crippen molar-refractivity contribution in [3.05, 3.63) is 64.2 Å². The molecule has 1 aliphatic heterocycles. The third-order valence-electron chi connectivity index (χ3n) is 3.94. The lowest BCUT2D eigenvalue weighted by atomic mass is 10.0. The molecule has 0 N–H and O–H groups in total. The van der Waals surface area contributed by atoms with E-state index in [1.54, 1.807) is 0 Å². The second-order valence-electron chi connectivity index (χ2n) is 5.40. The standard InChI is InChI=1S/C17H19N/c1-12-4-6-17(7-5-12)18-10-15-8-13(2)14(3)9-16(15)11-18/h4-9H,10-11H2,1-3H3. The van der Waals surface area contributed by atoms with E-state index in [0.717, 1.165) is 13.1 Å². The van der Waals surface area contributed by atoms with E-state index in [1.807, 2.05) is 0 Å². The first-order valence-electron chi connectivity index (χ1n) is 6.54. The van der Waals surface area contributed by atoms with E-state index in [0.29, 0.717) is 0 Å². The maximum atomic E-state index is 2.45. The van der Waals surface area contributed by atoms with Crippen LogP contribution in [0.2, 0.25) is 0 Å². The molecule has 18 heavy (non-hydrogen) atoms. The average Bonchev–Trinajstić information content (AvgIpc) is 2.73. The summed E-state index contributed by atoms with van der Waals surface area (Å²) >= 11 is 0. The molecule has 0 spiro atoms. The van der Waals surface area contributed by atoms with Gasteiger partial charge in [-0.3, -0.25) is 0 Å². The van der Waals surface area contributed by atoms with Crippen LogP contribution in [0.4, 0.5) is 5.69 Å². The monoisotopic (exact) mass is 237 g/mol. The zero-order valence-electron chi connectivity index (χ0n) is 11.3. The molecular formula is C17H19N. The smallest absolute Gasteiger partial charge is 0.0436 e. The molecule has 0 saturated heterocycles. The Morgan fingerprint density at radius 1 is 0.778 bits per heavy atom. The SMILES string of the molecule is Cc1ccc(N2Cc3cc(C)c(C)cc3C2)cc1. The zero-order chi connectivity index (χ0) is 12.7. The Balaban J connectivity index is 1.91. The van der Waals surface area contributed by atoms with Crippen LogP contribution in [0.3, 0.4) is 0 Å². The molecule has 0 unspecified atom stereocenters. The number of anilines is 1. The summed E-state index contributed by atoms with van der Waals surface area (Å²) in [7, 11) is 0. The molecule has 1 aliphatic rings. The fraction of sp³-hybridized carbons (Fsp3) is 0.294. The van der Waals surface area contributed by atoms with Gasteiger partial charge in [-0.1, -0.05) is 29.8 Å². The minimum Gasteiger partial charge on any atom is -0.363 e. The first-order chi connectivity index (χ1) is 8.63. The summed E-state index contributed by atoms with van der Waals surface area (Å²) in [5, 5.41) is 0. The van der Waals surface area contributed by atoms with Crippen LogP contribution >= 0.6 is 0 Å². The molecule has 1 heterocycles. The first-order valence-corrected chi connectivity index (χ1v) is 6.54. The van der Waals surface area contributed by atoms with Crippen molar-refractivity contribution in [3.8, 4) is 0 Å². The molecule has 92 valence electrons. The molecule has 0 amide bonds. The van der Waals surface area contributed by atoms with E-state index in [9.17, 15) is 0 Å². The van der Waals surface area contributed by atoms with Crippen LogP contribution in [0, 0.1) is 20.8 Å². The van der Waals surface area contributed by atoms with Gasteiger partial charge in [-0.25, -0.2) is 0 Å². The summed E-state index contributed by atoms with van der Waals surface area (Å²) in [4.78, 5) is 2.45. The van der Waals surface area contributed by atoms with Crippen molar-refractivity contribution < 1.29 is 0 Å². The summed E-state index contributed by atoms with van der Waals surface area (Å²) in [5.74, 6) is 0. The van der Waals surface area contributed by atoms with E-state index in [4.69, 9.17) is 0 Å². The van der Waals surface area contributed by atoms with Crippen LogP contribution in [0.5, 0.6) is 0 Å². The fourth-order valence-corrected chi connectivity index (χ4v) is 2.64. The molecule has 0 radical (unpaired) electrons. The number of fused-ring (bicyclic) bond motifs is 1. The third kappa shape index (κ3) is 1.90. The number of benzene rings is 2. The predicted molar refractivity (Wildman–Crippen MR) is 77.0 cm³/mol. The van der Waals surface area contributed by atoms with Crippen LogP contribution in [0.15, 0.2) is 36.4 Å². The van der Waals surface area contributed by atoms with Crippen molar-refractivity contribution in [3.63, 3.8) is 0 Å². The van der Waals surface area contributed by atoms with Gasteiger partial charge in [0.15, 0.2) is 0 Å². The highest BCUT2D eigenvalue weighted by Crippen LogP contribution is 2.30. The Kier molecular flexibility index (Phi) is 2.62. The molecule has 0 bridgehead atoms. The molecule has 2 aromatic carbocycles. The van der Waals surface area contributed by atoms with Gasteiger partial charge in [-0.15, -0.1) is 0 Å². The largest absolute Gasteiger partial charge is 0.363 e. The second-order valence-corrected chi connectivity index (χ2v) is 5.40. The molecule has 2 aromatic rings. The van der Waals surface area contributed by atoms with Crippen molar-refractivity contribution in [2.24, 2.45) is 0 Å².